The normalized spacial score (nSPS) is 11.0. The Morgan fingerprint density at radius 1 is 0.867 bits per heavy atom. The third kappa shape index (κ3) is 6.10. The van der Waals surface area contributed by atoms with Crippen LogP contribution < -0.4 is 9.47 Å². The molecule has 6 nitrogen and oxygen atoms in total. The van der Waals surface area contributed by atoms with Crippen LogP contribution in [0.1, 0.15) is 29.3 Å². The fraction of sp³-hybridized carbons (Fsp3) is 0.167. The van der Waals surface area contributed by atoms with Gasteiger partial charge in [-0.15, -0.1) is 0 Å². The zero-order chi connectivity index (χ0) is 21.2. The van der Waals surface area contributed by atoms with E-state index < -0.39 is 5.97 Å². The Bertz CT molecular complexity index is 1000. The third-order valence-corrected chi connectivity index (χ3v) is 4.07. The maximum absolute atomic E-state index is 11.2. The maximum atomic E-state index is 11.2. The van der Waals surface area contributed by atoms with Gasteiger partial charge in [0, 0.05) is 5.56 Å². The number of benzene rings is 3. The summed E-state index contributed by atoms with van der Waals surface area (Å²) in [4.78, 5) is 16.5. The smallest absolute Gasteiger partial charge is 0.335 e. The molecule has 1 N–H and O–H groups in total. The number of nitrogens with zero attached hydrogens (tertiary/aromatic N) is 1. The van der Waals surface area contributed by atoms with Crippen molar-refractivity contribution >= 4 is 11.7 Å². The molecular weight excluding hydrogens is 382 g/mol. The average Bonchev–Trinajstić information content (AvgIpc) is 2.77. The van der Waals surface area contributed by atoms with Crippen LogP contribution in [0.15, 0.2) is 84.0 Å². The van der Waals surface area contributed by atoms with Gasteiger partial charge in [0.1, 0.15) is 36.2 Å². The summed E-state index contributed by atoms with van der Waals surface area (Å²) in [6.45, 7) is 2.59. The first-order chi connectivity index (χ1) is 14.7. The van der Waals surface area contributed by atoms with E-state index in [0.29, 0.717) is 23.8 Å². The standard InChI is InChI=1S/C24H23NO5/c1-2-14-29-25-23(17-28-21-12-7-9-19(16-21)24(26)27)18-8-6-13-22(15-18)30-20-10-4-3-5-11-20/h3-13,15-16H,2,14,17H2,1H3,(H,26,27). The zero-order valence-corrected chi connectivity index (χ0v) is 16.7. The zero-order valence-electron chi connectivity index (χ0n) is 16.7. The van der Waals surface area contributed by atoms with Gasteiger partial charge in [0.2, 0.25) is 0 Å². The first-order valence-electron chi connectivity index (χ1n) is 9.64. The van der Waals surface area contributed by atoms with E-state index in [9.17, 15) is 4.79 Å². The Hall–Kier alpha value is -3.80. The van der Waals surface area contributed by atoms with Gasteiger partial charge in [0.05, 0.1) is 5.56 Å². The van der Waals surface area contributed by atoms with Crippen molar-refractivity contribution in [3.63, 3.8) is 0 Å². The summed E-state index contributed by atoms with van der Waals surface area (Å²) in [5, 5.41) is 13.4. The molecule has 154 valence electrons. The molecule has 0 radical (unpaired) electrons. The predicted octanol–water partition coefficient (Wildman–Crippen LogP) is 5.39. The number of ether oxygens (including phenoxy) is 2. The highest BCUT2D eigenvalue weighted by Crippen LogP contribution is 2.22. The molecule has 0 spiro atoms. The monoisotopic (exact) mass is 405 g/mol. The van der Waals surface area contributed by atoms with E-state index in [1.165, 1.54) is 12.1 Å². The third-order valence-electron chi connectivity index (χ3n) is 4.07. The molecule has 0 aliphatic carbocycles. The lowest BCUT2D eigenvalue weighted by Crippen LogP contribution is -2.14. The lowest BCUT2D eigenvalue weighted by atomic mass is 10.1. The topological polar surface area (TPSA) is 77.4 Å². The second-order valence-corrected chi connectivity index (χ2v) is 6.44. The van der Waals surface area contributed by atoms with Crippen LogP contribution in [0, 0.1) is 0 Å². The molecule has 0 heterocycles. The van der Waals surface area contributed by atoms with Crippen LogP contribution in [0.5, 0.6) is 17.2 Å². The van der Waals surface area contributed by atoms with E-state index in [1.54, 1.807) is 12.1 Å². The largest absolute Gasteiger partial charge is 0.487 e. The molecule has 0 unspecified atom stereocenters. The van der Waals surface area contributed by atoms with Crippen molar-refractivity contribution in [2.45, 2.75) is 13.3 Å². The SMILES string of the molecule is CCCON=C(COc1cccc(C(=O)O)c1)c1cccc(Oc2ccccc2)c1. The number of oxime groups is 1. The number of carboxylic acid groups (broad SMARTS) is 1. The Kier molecular flexibility index (Phi) is 7.44. The molecule has 3 aromatic rings. The van der Waals surface area contributed by atoms with E-state index >= 15 is 0 Å². The van der Waals surface area contributed by atoms with Crippen LogP contribution >= 0.6 is 0 Å². The van der Waals surface area contributed by atoms with Crippen molar-refractivity contribution < 1.29 is 24.2 Å². The van der Waals surface area contributed by atoms with Crippen LogP contribution in [-0.2, 0) is 4.84 Å². The number of carbonyl (C=O) groups is 1. The fourth-order valence-corrected chi connectivity index (χ4v) is 2.61. The van der Waals surface area contributed by atoms with Gasteiger partial charge in [0.25, 0.3) is 0 Å². The average molecular weight is 405 g/mol. The maximum Gasteiger partial charge on any atom is 0.335 e. The number of rotatable bonds is 10. The van der Waals surface area contributed by atoms with E-state index in [1.807, 2.05) is 61.5 Å². The quantitative estimate of drug-likeness (QED) is 0.278. The number of para-hydroxylation sites is 1. The minimum absolute atomic E-state index is 0.113. The molecule has 30 heavy (non-hydrogen) atoms. The summed E-state index contributed by atoms with van der Waals surface area (Å²) in [5.41, 5.74) is 1.52. The van der Waals surface area contributed by atoms with Crippen molar-refractivity contribution in [1.82, 2.24) is 0 Å². The molecule has 0 aliphatic rings. The van der Waals surface area contributed by atoms with Crippen molar-refractivity contribution in [3.8, 4) is 17.2 Å². The highest BCUT2D eigenvalue weighted by Gasteiger charge is 2.10. The molecule has 3 rings (SSSR count). The second-order valence-electron chi connectivity index (χ2n) is 6.44. The molecule has 6 heteroatoms. The Labute approximate surface area is 175 Å². The van der Waals surface area contributed by atoms with Crippen LogP contribution in [0.2, 0.25) is 0 Å². The molecule has 0 bridgehead atoms. The lowest BCUT2D eigenvalue weighted by molar-refractivity contribution is 0.0696. The summed E-state index contributed by atoms with van der Waals surface area (Å²) >= 11 is 0. The molecule has 0 atom stereocenters. The minimum atomic E-state index is -1.01. The first kappa shape index (κ1) is 20.9. The number of aromatic carboxylic acids is 1. The number of hydrogen-bond donors (Lipinski definition) is 1. The van der Waals surface area contributed by atoms with Crippen LogP contribution in [0.4, 0.5) is 0 Å². The van der Waals surface area contributed by atoms with Gasteiger partial charge < -0.3 is 19.4 Å². The molecule has 0 fully saturated rings. The van der Waals surface area contributed by atoms with Crippen molar-refractivity contribution in [1.29, 1.82) is 0 Å². The summed E-state index contributed by atoms with van der Waals surface area (Å²) in [6.07, 6.45) is 0.829. The predicted molar refractivity (Wildman–Crippen MR) is 115 cm³/mol. The van der Waals surface area contributed by atoms with Gasteiger partial charge in [-0.05, 0) is 48.9 Å². The van der Waals surface area contributed by atoms with E-state index in [0.717, 1.165) is 17.7 Å². The minimum Gasteiger partial charge on any atom is -0.487 e. The summed E-state index contributed by atoms with van der Waals surface area (Å²) in [7, 11) is 0. The number of carboxylic acids is 1. The molecule has 3 aromatic carbocycles. The van der Waals surface area contributed by atoms with E-state index in [2.05, 4.69) is 5.16 Å². The summed E-state index contributed by atoms with van der Waals surface area (Å²) in [5.74, 6) is 0.827. The fourth-order valence-electron chi connectivity index (χ4n) is 2.61. The van der Waals surface area contributed by atoms with Gasteiger partial charge in [-0.1, -0.05) is 48.5 Å². The summed E-state index contributed by atoms with van der Waals surface area (Å²) < 4.78 is 11.7. The summed E-state index contributed by atoms with van der Waals surface area (Å²) in [6, 6.07) is 23.3. The molecular formula is C24H23NO5. The van der Waals surface area contributed by atoms with Crippen LogP contribution in [0.25, 0.3) is 0 Å². The first-order valence-corrected chi connectivity index (χ1v) is 9.64. The van der Waals surface area contributed by atoms with Crippen LogP contribution in [0.3, 0.4) is 0 Å². The number of hydrogen-bond acceptors (Lipinski definition) is 5. The highest BCUT2D eigenvalue weighted by molar-refractivity contribution is 6.01. The van der Waals surface area contributed by atoms with Crippen molar-refractivity contribution in [2.24, 2.45) is 5.16 Å². The van der Waals surface area contributed by atoms with Crippen LogP contribution in [-0.4, -0.2) is 30.0 Å². The van der Waals surface area contributed by atoms with E-state index in [-0.39, 0.29) is 12.2 Å². The Morgan fingerprint density at radius 3 is 2.27 bits per heavy atom. The molecule has 0 aromatic heterocycles. The Balaban J connectivity index is 1.78. The van der Waals surface area contributed by atoms with Crippen molar-refractivity contribution in [2.75, 3.05) is 13.2 Å². The van der Waals surface area contributed by atoms with Gasteiger partial charge in [0.15, 0.2) is 0 Å². The highest BCUT2D eigenvalue weighted by atomic mass is 16.6. The van der Waals surface area contributed by atoms with Gasteiger partial charge >= 0.3 is 5.97 Å². The second kappa shape index (κ2) is 10.7. The van der Waals surface area contributed by atoms with Crippen molar-refractivity contribution in [3.05, 3.63) is 90.0 Å². The van der Waals surface area contributed by atoms with Gasteiger partial charge in [-0.2, -0.15) is 0 Å². The Morgan fingerprint density at radius 2 is 1.53 bits per heavy atom. The van der Waals surface area contributed by atoms with E-state index in [4.69, 9.17) is 19.4 Å². The van der Waals surface area contributed by atoms with Gasteiger partial charge in [-0.25, -0.2) is 4.79 Å². The molecule has 0 amide bonds. The van der Waals surface area contributed by atoms with Gasteiger partial charge in [-0.3, -0.25) is 0 Å². The molecule has 0 aliphatic heterocycles. The molecule has 0 saturated carbocycles. The lowest BCUT2D eigenvalue weighted by Gasteiger charge is -2.12. The molecule has 0 saturated heterocycles.